The van der Waals surface area contributed by atoms with Crippen molar-refractivity contribution in [2.75, 3.05) is 32.1 Å². The second-order valence-corrected chi connectivity index (χ2v) is 8.80. The molecule has 0 radical (unpaired) electrons. The van der Waals surface area contributed by atoms with Crippen molar-refractivity contribution in [3.8, 4) is 0 Å². The van der Waals surface area contributed by atoms with E-state index in [9.17, 15) is 23.6 Å². The summed E-state index contributed by atoms with van der Waals surface area (Å²) in [5, 5.41) is 2.83. The highest BCUT2D eigenvalue weighted by molar-refractivity contribution is 6.21. The lowest BCUT2D eigenvalue weighted by molar-refractivity contribution is -0.146. The van der Waals surface area contributed by atoms with Gasteiger partial charge in [-0.1, -0.05) is 25.0 Å². The summed E-state index contributed by atoms with van der Waals surface area (Å²) < 4.78 is 18.5. The van der Waals surface area contributed by atoms with Crippen LogP contribution in [-0.2, 0) is 14.3 Å². The molecule has 0 aromatic heterocycles. The molecule has 8 nitrogen and oxygen atoms in total. The lowest BCUT2D eigenvalue weighted by Crippen LogP contribution is -2.58. The van der Waals surface area contributed by atoms with E-state index in [2.05, 4.69) is 5.32 Å². The van der Waals surface area contributed by atoms with Crippen molar-refractivity contribution < 1.29 is 28.3 Å². The number of benzene rings is 2. The maximum Gasteiger partial charge on any atom is 0.261 e. The number of hydrogen-bond acceptors (Lipinski definition) is 5. The number of halogens is 1. The molecule has 1 aliphatic carbocycles. The molecule has 9 heteroatoms. The van der Waals surface area contributed by atoms with Crippen LogP contribution >= 0.6 is 0 Å². The van der Waals surface area contributed by atoms with E-state index in [1.807, 2.05) is 0 Å². The molecule has 1 fully saturated rings. The number of rotatable bonds is 9. The Hall–Kier alpha value is -3.59. The summed E-state index contributed by atoms with van der Waals surface area (Å²) in [6, 6.07) is 12.0. The Bertz CT molecular complexity index is 1090. The van der Waals surface area contributed by atoms with Crippen molar-refractivity contribution in [1.82, 2.24) is 9.80 Å². The van der Waals surface area contributed by atoms with Crippen LogP contribution in [0.4, 0.5) is 10.1 Å². The standard InChI is InChI=1S/C26H28FN3O5/c1-35-17-16-30(22(31)12-15-29-23(32)20-6-2-3-7-21(20)24(29)33)26(13-4-5-14-26)25(34)28-19-10-8-18(27)9-11-19/h2-3,6-11H,4-5,12-17H2,1H3,(H,28,34). The quantitative estimate of drug-likeness (QED) is 0.555. The van der Waals surface area contributed by atoms with E-state index in [0.717, 1.165) is 17.7 Å². The molecule has 0 saturated heterocycles. The van der Waals surface area contributed by atoms with Gasteiger partial charge in [0, 0.05) is 32.3 Å². The fraction of sp³-hybridized carbons (Fsp3) is 0.385. The van der Waals surface area contributed by atoms with Gasteiger partial charge in [0.2, 0.25) is 11.8 Å². The molecule has 1 saturated carbocycles. The summed E-state index contributed by atoms with van der Waals surface area (Å²) in [6.07, 6.45) is 2.38. The number of carbonyl (C=O) groups excluding carboxylic acids is 4. The molecule has 0 atom stereocenters. The van der Waals surface area contributed by atoms with Crippen molar-refractivity contribution in [3.05, 3.63) is 65.5 Å². The predicted octanol–water partition coefficient (Wildman–Crippen LogP) is 3.24. The molecule has 35 heavy (non-hydrogen) atoms. The van der Waals surface area contributed by atoms with E-state index in [1.54, 1.807) is 24.3 Å². The van der Waals surface area contributed by atoms with Crippen molar-refractivity contribution in [2.24, 2.45) is 0 Å². The van der Waals surface area contributed by atoms with E-state index in [4.69, 9.17) is 4.74 Å². The first kappa shape index (κ1) is 24.5. The van der Waals surface area contributed by atoms with E-state index in [1.165, 1.54) is 36.3 Å². The first-order valence-electron chi connectivity index (χ1n) is 11.7. The van der Waals surface area contributed by atoms with Crippen LogP contribution in [0.25, 0.3) is 0 Å². The Morgan fingerprint density at radius 2 is 1.63 bits per heavy atom. The molecule has 1 N–H and O–H groups in total. The number of nitrogens with zero attached hydrogens (tertiary/aromatic N) is 2. The number of nitrogens with one attached hydrogen (secondary N) is 1. The molecule has 0 spiro atoms. The number of ether oxygens (including phenoxy) is 1. The molecule has 1 aliphatic heterocycles. The van der Waals surface area contributed by atoms with Gasteiger partial charge < -0.3 is 15.0 Å². The molecule has 4 rings (SSSR count). The second kappa shape index (κ2) is 10.4. The predicted molar refractivity (Wildman–Crippen MR) is 126 cm³/mol. The zero-order valence-electron chi connectivity index (χ0n) is 19.6. The number of imide groups is 1. The SMILES string of the molecule is COCCN(C(=O)CCN1C(=O)c2ccccc2C1=O)C1(C(=O)Nc2ccc(F)cc2)CCCC1. The number of methoxy groups -OCH3 is 1. The fourth-order valence-corrected chi connectivity index (χ4v) is 4.90. The highest BCUT2D eigenvalue weighted by Crippen LogP contribution is 2.37. The third kappa shape index (κ3) is 4.81. The van der Waals surface area contributed by atoms with Crippen molar-refractivity contribution in [2.45, 2.75) is 37.6 Å². The van der Waals surface area contributed by atoms with Gasteiger partial charge in [-0.2, -0.15) is 0 Å². The van der Waals surface area contributed by atoms with Crippen LogP contribution in [0, 0.1) is 5.82 Å². The van der Waals surface area contributed by atoms with Gasteiger partial charge in [-0.15, -0.1) is 0 Å². The number of fused-ring (bicyclic) bond motifs is 1. The van der Waals surface area contributed by atoms with Gasteiger partial charge in [0.25, 0.3) is 11.8 Å². The van der Waals surface area contributed by atoms with Crippen LogP contribution in [-0.4, -0.2) is 65.8 Å². The summed E-state index contributed by atoms with van der Waals surface area (Å²) >= 11 is 0. The Kier molecular flexibility index (Phi) is 7.25. The minimum atomic E-state index is -1.09. The Balaban J connectivity index is 1.52. The van der Waals surface area contributed by atoms with E-state index in [0.29, 0.717) is 29.7 Å². The van der Waals surface area contributed by atoms with Gasteiger partial charge in [0.05, 0.1) is 17.7 Å². The van der Waals surface area contributed by atoms with Crippen LogP contribution in [0.1, 0.15) is 52.8 Å². The van der Waals surface area contributed by atoms with Crippen molar-refractivity contribution in [3.63, 3.8) is 0 Å². The molecule has 2 aliphatic rings. The fourth-order valence-electron chi connectivity index (χ4n) is 4.90. The number of anilines is 1. The lowest BCUT2D eigenvalue weighted by atomic mass is 9.92. The van der Waals surface area contributed by atoms with Gasteiger partial charge in [0.1, 0.15) is 11.4 Å². The van der Waals surface area contributed by atoms with Gasteiger partial charge in [0.15, 0.2) is 0 Å². The maximum atomic E-state index is 13.5. The molecule has 4 amide bonds. The Morgan fingerprint density at radius 1 is 1.03 bits per heavy atom. The number of amides is 4. The zero-order chi connectivity index (χ0) is 25.0. The molecule has 0 unspecified atom stereocenters. The second-order valence-electron chi connectivity index (χ2n) is 8.80. The average Bonchev–Trinajstić information content (AvgIpc) is 3.44. The summed E-state index contributed by atoms with van der Waals surface area (Å²) in [5.41, 5.74) is -0.00138. The maximum absolute atomic E-state index is 13.5. The van der Waals surface area contributed by atoms with Gasteiger partial charge >= 0.3 is 0 Å². The molecular weight excluding hydrogens is 453 g/mol. The van der Waals surface area contributed by atoms with Crippen LogP contribution in [0.2, 0.25) is 0 Å². The van der Waals surface area contributed by atoms with Gasteiger partial charge in [-0.05, 0) is 49.2 Å². The minimum absolute atomic E-state index is 0.0790. The van der Waals surface area contributed by atoms with E-state index < -0.39 is 23.2 Å². The minimum Gasteiger partial charge on any atom is -0.383 e. The Labute approximate surface area is 203 Å². The summed E-state index contributed by atoms with van der Waals surface area (Å²) in [6.45, 7) is 0.336. The third-order valence-electron chi connectivity index (χ3n) is 6.72. The summed E-state index contributed by atoms with van der Waals surface area (Å²) in [7, 11) is 1.52. The normalized spacial score (nSPS) is 16.3. The smallest absolute Gasteiger partial charge is 0.261 e. The highest BCUT2D eigenvalue weighted by atomic mass is 19.1. The molecule has 1 heterocycles. The molecular formula is C26H28FN3O5. The molecule has 2 aromatic carbocycles. The number of carbonyl (C=O) groups is 4. The zero-order valence-corrected chi connectivity index (χ0v) is 19.6. The van der Waals surface area contributed by atoms with Gasteiger partial charge in [-0.3, -0.25) is 24.1 Å². The van der Waals surface area contributed by atoms with Crippen LogP contribution in [0.15, 0.2) is 48.5 Å². The number of hydrogen-bond donors (Lipinski definition) is 1. The summed E-state index contributed by atoms with van der Waals surface area (Å²) in [5.74, 6) is -1.94. The van der Waals surface area contributed by atoms with Crippen LogP contribution in [0.3, 0.4) is 0 Å². The Morgan fingerprint density at radius 3 is 2.20 bits per heavy atom. The lowest BCUT2D eigenvalue weighted by Gasteiger charge is -2.40. The van der Waals surface area contributed by atoms with Crippen LogP contribution in [0.5, 0.6) is 0 Å². The first-order chi connectivity index (χ1) is 16.9. The first-order valence-corrected chi connectivity index (χ1v) is 11.7. The molecule has 2 aromatic rings. The van der Waals surface area contributed by atoms with E-state index >= 15 is 0 Å². The van der Waals surface area contributed by atoms with Crippen LogP contribution < -0.4 is 5.32 Å². The largest absolute Gasteiger partial charge is 0.383 e. The highest BCUT2D eigenvalue weighted by Gasteiger charge is 2.48. The molecule has 184 valence electrons. The third-order valence-corrected chi connectivity index (χ3v) is 6.72. The van der Waals surface area contributed by atoms with Gasteiger partial charge in [-0.25, -0.2) is 4.39 Å². The van der Waals surface area contributed by atoms with Crippen molar-refractivity contribution >= 4 is 29.3 Å². The average molecular weight is 482 g/mol. The summed E-state index contributed by atoms with van der Waals surface area (Å²) in [4.78, 5) is 54.9. The van der Waals surface area contributed by atoms with Crippen molar-refractivity contribution in [1.29, 1.82) is 0 Å². The monoisotopic (exact) mass is 481 g/mol. The molecule has 0 bridgehead atoms. The topological polar surface area (TPSA) is 96.0 Å². The van der Waals surface area contributed by atoms with E-state index in [-0.39, 0.29) is 37.9 Å².